The number of ether oxygens (including phenoxy) is 2. The summed E-state index contributed by atoms with van der Waals surface area (Å²) in [6.45, 7) is 3.46. The molecule has 1 saturated carbocycles. The third-order valence-electron chi connectivity index (χ3n) is 7.32. The van der Waals surface area contributed by atoms with E-state index < -0.39 is 0 Å². The van der Waals surface area contributed by atoms with Crippen molar-refractivity contribution in [3.8, 4) is 17.7 Å². The van der Waals surface area contributed by atoms with Gasteiger partial charge in [0, 0.05) is 37.6 Å². The molecule has 40 heavy (non-hydrogen) atoms. The molecule has 1 fully saturated rings. The number of halogens is 1. The number of anilines is 2. The van der Waals surface area contributed by atoms with Gasteiger partial charge < -0.3 is 25.0 Å². The van der Waals surface area contributed by atoms with E-state index in [1.54, 1.807) is 20.3 Å². The van der Waals surface area contributed by atoms with Gasteiger partial charge in [-0.1, -0.05) is 23.7 Å². The van der Waals surface area contributed by atoms with Gasteiger partial charge in [0.2, 0.25) is 17.7 Å². The molecule has 0 unspecified atom stereocenters. The fourth-order valence-electron chi connectivity index (χ4n) is 5.12. The van der Waals surface area contributed by atoms with Crippen molar-refractivity contribution in [1.82, 2.24) is 35.0 Å². The molecule has 0 aliphatic heterocycles. The van der Waals surface area contributed by atoms with Crippen LogP contribution >= 0.6 is 11.6 Å². The van der Waals surface area contributed by atoms with E-state index in [1.807, 2.05) is 44.1 Å². The Morgan fingerprint density at radius 2 is 1.70 bits per heavy atom. The van der Waals surface area contributed by atoms with Crippen molar-refractivity contribution in [2.24, 2.45) is 5.92 Å². The molecule has 12 heteroatoms. The molecule has 2 N–H and O–H groups in total. The van der Waals surface area contributed by atoms with Crippen molar-refractivity contribution in [3.05, 3.63) is 46.7 Å². The van der Waals surface area contributed by atoms with Gasteiger partial charge >= 0.3 is 0 Å². The number of benzene rings is 1. The molecule has 0 bridgehead atoms. The average molecular weight is 566 g/mol. The van der Waals surface area contributed by atoms with Crippen molar-refractivity contribution in [3.63, 3.8) is 0 Å². The Morgan fingerprint density at radius 3 is 2.38 bits per heavy atom. The highest BCUT2D eigenvalue weighted by atomic mass is 35.5. The summed E-state index contributed by atoms with van der Waals surface area (Å²) in [6, 6.07) is 10.1. The molecule has 1 aliphatic carbocycles. The van der Waals surface area contributed by atoms with Crippen LogP contribution in [0.15, 0.2) is 30.3 Å². The lowest BCUT2D eigenvalue weighted by Crippen LogP contribution is -2.31. The lowest BCUT2D eigenvalue weighted by Gasteiger charge is -2.29. The number of fused-ring (bicyclic) bond motifs is 1. The quantitative estimate of drug-likeness (QED) is 0.286. The molecule has 0 saturated heterocycles. The molecular weight excluding hydrogens is 530 g/mol. The number of aromatic nitrogens is 6. The first-order valence-corrected chi connectivity index (χ1v) is 13.9. The van der Waals surface area contributed by atoms with Crippen molar-refractivity contribution in [1.29, 1.82) is 0 Å². The Bertz CT molecular complexity index is 1450. The van der Waals surface area contributed by atoms with Gasteiger partial charge in [-0.2, -0.15) is 24.7 Å². The van der Waals surface area contributed by atoms with Crippen LogP contribution in [0.4, 0.5) is 11.8 Å². The zero-order valence-corrected chi connectivity index (χ0v) is 24.4. The molecule has 1 aliphatic rings. The van der Waals surface area contributed by atoms with Gasteiger partial charge in [0.1, 0.15) is 11.0 Å². The van der Waals surface area contributed by atoms with Crippen molar-refractivity contribution in [2.45, 2.75) is 45.2 Å². The minimum absolute atomic E-state index is 0.300. The molecule has 3 heterocycles. The predicted octanol–water partition coefficient (Wildman–Crippen LogP) is 4.41. The average Bonchev–Trinajstić information content (AvgIpc) is 3.25. The molecule has 11 nitrogen and oxygen atoms in total. The fraction of sp³-hybridized carbons (Fsp3) is 0.464. The second-order valence-corrected chi connectivity index (χ2v) is 10.7. The summed E-state index contributed by atoms with van der Waals surface area (Å²) in [4.78, 5) is 20.4. The summed E-state index contributed by atoms with van der Waals surface area (Å²) < 4.78 is 12.0. The monoisotopic (exact) mass is 565 g/mol. The van der Waals surface area contributed by atoms with Gasteiger partial charge in [-0.15, -0.1) is 0 Å². The molecule has 212 valence electrons. The maximum Gasteiger partial charge on any atom is 0.258 e. The first kappa shape index (κ1) is 27.9. The topological polar surface area (TPSA) is 115 Å². The van der Waals surface area contributed by atoms with Gasteiger partial charge in [0.25, 0.3) is 5.95 Å². The summed E-state index contributed by atoms with van der Waals surface area (Å²) in [5.74, 6) is 3.27. The van der Waals surface area contributed by atoms with Crippen LogP contribution in [-0.2, 0) is 6.54 Å². The molecule has 0 spiro atoms. The number of rotatable bonds is 10. The molecule has 4 aromatic rings. The second kappa shape index (κ2) is 12.2. The summed E-state index contributed by atoms with van der Waals surface area (Å²) in [6.07, 6.45) is 4.41. The van der Waals surface area contributed by atoms with E-state index in [0.717, 1.165) is 60.2 Å². The minimum atomic E-state index is 0.300. The number of para-hydroxylation sites is 1. The van der Waals surface area contributed by atoms with Crippen LogP contribution in [0.25, 0.3) is 16.9 Å². The molecule has 0 amide bonds. The highest BCUT2D eigenvalue weighted by molar-refractivity contribution is 6.30. The first-order valence-electron chi connectivity index (χ1n) is 13.5. The number of hydrogen-bond donors (Lipinski definition) is 2. The summed E-state index contributed by atoms with van der Waals surface area (Å²) in [5, 5.41) is 13.3. The Balaban J connectivity index is 1.16. The molecular formula is C28H36ClN9O2. The van der Waals surface area contributed by atoms with Gasteiger partial charge in [-0.3, -0.25) is 0 Å². The van der Waals surface area contributed by atoms with Crippen molar-refractivity contribution in [2.75, 3.05) is 45.1 Å². The molecule has 5 rings (SSSR count). The van der Waals surface area contributed by atoms with Crippen LogP contribution in [0.5, 0.6) is 11.8 Å². The fourth-order valence-corrected chi connectivity index (χ4v) is 5.44. The van der Waals surface area contributed by atoms with E-state index in [2.05, 4.69) is 31.8 Å². The standard InChI is InChI=1S/C28H36ClN9O2/c1-17-21(25(29)38(36-17)28-33-23(39-4)14-24(34-28)40-5)16-30-15-18-10-12-19(13-11-18)31-27-32-22-9-7-6-8-20(22)26(35-27)37(2)3/h6-9,14,18-19,30H,10-13,15-16H2,1-5H3,(H,31,32,35). The van der Waals surface area contributed by atoms with Crippen LogP contribution in [0.3, 0.4) is 0 Å². The smallest absolute Gasteiger partial charge is 0.258 e. The largest absolute Gasteiger partial charge is 0.481 e. The second-order valence-electron chi connectivity index (χ2n) is 10.3. The third-order valence-corrected chi connectivity index (χ3v) is 7.71. The van der Waals surface area contributed by atoms with E-state index in [0.29, 0.717) is 47.3 Å². The molecule has 0 radical (unpaired) electrons. The van der Waals surface area contributed by atoms with Crippen LogP contribution in [0.1, 0.15) is 36.9 Å². The lowest BCUT2D eigenvalue weighted by molar-refractivity contribution is 0.323. The molecule has 1 aromatic carbocycles. The summed E-state index contributed by atoms with van der Waals surface area (Å²) in [7, 11) is 7.11. The Kier molecular flexibility index (Phi) is 8.51. The van der Waals surface area contributed by atoms with Crippen molar-refractivity contribution >= 4 is 34.3 Å². The number of hydrogen-bond acceptors (Lipinski definition) is 10. The van der Waals surface area contributed by atoms with E-state index in [9.17, 15) is 0 Å². The maximum absolute atomic E-state index is 6.72. The zero-order valence-electron chi connectivity index (χ0n) is 23.6. The number of methoxy groups -OCH3 is 2. The Morgan fingerprint density at radius 1 is 1.00 bits per heavy atom. The van der Waals surface area contributed by atoms with E-state index >= 15 is 0 Å². The highest BCUT2D eigenvalue weighted by Gasteiger charge is 2.23. The zero-order chi connectivity index (χ0) is 28.2. The SMILES string of the molecule is COc1cc(OC)nc(-n2nc(C)c(CNCC3CCC(Nc4nc(N(C)C)c5ccccc5n4)CC3)c2Cl)n1. The van der Waals surface area contributed by atoms with E-state index in [1.165, 1.54) is 4.68 Å². The first-order chi connectivity index (χ1) is 19.4. The normalized spacial score (nSPS) is 17.1. The summed E-state index contributed by atoms with van der Waals surface area (Å²) >= 11 is 6.72. The van der Waals surface area contributed by atoms with E-state index in [4.69, 9.17) is 31.0 Å². The van der Waals surface area contributed by atoms with Gasteiger partial charge in [0.05, 0.1) is 31.5 Å². The summed E-state index contributed by atoms with van der Waals surface area (Å²) in [5.41, 5.74) is 2.70. The highest BCUT2D eigenvalue weighted by Crippen LogP contribution is 2.29. The third kappa shape index (κ3) is 6.05. The van der Waals surface area contributed by atoms with Crippen LogP contribution in [0.2, 0.25) is 5.15 Å². The van der Waals surface area contributed by atoms with Gasteiger partial charge in [0.15, 0.2) is 0 Å². The van der Waals surface area contributed by atoms with Crippen molar-refractivity contribution < 1.29 is 9.47 Å². The van der Waals surface area contributed by atoms with Gasteiger partial charge in [-0.05, 0) is 57.2 Å². The number of nitrogens with zero attached hydrogens (tertiary/aromatic N) is 7. The molecule has 3 aromatic heterocycles. The maximum atomic E-state index is 6.72. The minimum Gasteiger partial charge on any atom is -0.481 e. The van der Waals surface area contributed by atoms with Crippen LogP contribution in [0, 0.1) is 12.8 Å². The molecule has 0 atom stereocenters. The van der Waals surface area contributed by atoms with Crippen LogP contribution in [-0.4, -0.2) is 70.6 Å². The lowest BCUT2D eigenvalue weighted by atomic mass is 9.86. The van der Waals surface area contributed by atoms with Crippen LogP contribution < -0.4 is 25.0 Å². The predicted molar refractivity (Wildman–Crippen MR) is 157 cm³/mol. The Labute approximate surface area is 239 Å². The van der Waals surface area contributed by atoms with Gasteiger partial charge in [-0.25, -0.2) is 4.98 Å². The number of aryl methyl sites for hydroxylation is 1. The Hall–Kier alpha value is -3.70. The van der Waals surface area contributed by atoms with E-state index in [-0.39, 0.29) is 0 Å². The number of nitrogens with one attached hydrogen (secondary N) is 2.